The van der Waals surface area contributed by atoms with E-state index in [1.165, 1.54) is 12.3 Å². The fourth-order valence-electron chi connectivity index (χ4n) is 1.91. The highest BCUT2D eigenvalue weighted by Gasteiger charge is 2.20. The van der Waals surface area contributed by atoms with Gasteiger partial charge in [-0.05, 0) is 36.8 Å². The van der Waals surface area contributed by atoms with E-state index < -0.39 is 10.0 Å². The Labute approximate surface area is 118 Å². The molecule has 1 aliphatic heterocycles. The topological polar surface area (TPSA) is 71.1 Å². The van der Waals surface area contributed by atoms with E-state index in [-0.39, 0.29) is 4.90 Å². The highest BCUT2D eigenvalue weighted by molar-refractivity contribution is 7.99. The average molecular weight is 301 g/mol. The summed E-state index contributed by atoms with van der Waals surface area (Å²) >= 11 is 1.88. The Bertz CT molecular complexity index is 513. The summed E-state index contributed by atoms with van der Waals surface area (Å²) in [6.45, 7) is 3.18. The van der Waals surface area contributed by atoms with Gasteiger partial charge < -0.3 is 5.32 Å². The number of hydrogen-bond donors (Lipinski definition) is 2. The first-order valence-corrected chi connectivity index (χ1v) is 9.03. The van der Waals surface area contributed by atoms with Crippen LogP contribution in [-0.4, -0.2) is 38.0 Å². The second-order valence-electron chi connectivity index (χ2n) is 4.49. The molecule has 5 nitrogen and oxygen atoms in total. The summed E-state index contributed by atoms with van der Waals surface area (Å²) in [5, 5.41) is 3.01. The van der Waals surface area contributed by atoms with E-state index >= 15 is 0 Å². The maximum Gasteiger partial charge on any atom is 0.240 e. The zero-order valence-corrected chi connectivity index (χ0v) is 12.6. The lowest BCUT2D eigenvalue weighted by Gasteiger charge is -2.11. The molecule has 1 saturated heterocycles. The number of anilines is 1. The zero-order chi connectivity index (χ0) is 13.7. The number of pyridine rings is 1. The van der Waals surface area contributed by atoms with Gasteiger partial charge in [-0.15, -0.1) is 0 Å². The summed E-state index contributed by atoms with van der Waals surface area (Å²) in [4.78, 5) is 4.34. The van der Waals surface area contributed by atoms with Gasteiger partial charge >= 0.3 is 0 Å². The maximum absolute atomic E-state index is 12.2. The molecule has 2 N–H and O–H groups in total. The van der Waals surface area contributed by atoms with Gasteiger partial charge in [-0.25, -0.2) is 18.1 Å². The number of thioether (sulfide) groups is 1. The Morgan fingerprint density at radius 1 is 1.53 bits per heavy atom. The molecular weight excluding hydrogens is 282 g/mol. The molecule has 1 unspecified atom stereocenters. The molecule has 1 atom stereocenters. The van der Waals surface area contributed by atoms with Crippen molar-refractivity contribution in [1.82, 2.24) is 9.71 Å². The Morgan fingerprint density at radius 2 is 2.37 bits per heavy atom. The van der Waals surface area contributed by atoms with E-state index in [0.29, 0.717) is 24.8 Å². The van der Waals surface area contributed by atoms with Crippen molar-refractivity contribution in [1.29, 1.82) is 0 Å². The van der Waals surface area contributed by atoms with Crippen molar-refractivity contribution in [2.75, 3.05) is 29.9 Å². The number of nitrogens with one attached hydrogen (secondary N) is 2. The molecule has 0 aromatic carbocycles. The van der Waals surface area contributed by atoms with Crippen LogP contribution in [0.3, 0.4) is 0 Å². The van der Waals surface area contributed by atoms with Crippen LogP contribution in [0.5, 0.6) is 0 Å². The van der Waals surface area contributed by atoms with Crippen LogP contribution in [0, 0.1) is 5.92 Å². The van der Waals surface area contributed by atoms with Gasteiger partial charge in [0.25, 0.3) is 0 Å². The Balaban J connectivity index is 2.03. The Hall–Kier alpha value is -0.790. The van der Waals surface area contributed by atoms with Crippen molar-refractivity contribution in [3.63, 3.8) is 0 Å². The molecule has 1 aromatic heterocycles. The van der Waals surface area contributed by atoms with E-state index in [1.807, 2.05) is 18.7 Å². The first-order chi connectivity index (χ1) is 9.12. The monoisotopic (exact) mass is 301 g/mol. The molecule has 0 aliphatic carbocycles. The minimum absolute atomic E-state index is 0.268. The van der Waals surface area contributed by atoms with Crippen LogP contribution in [0.1, 0.15) is 13.3 Å². The van der Waals surface area contributed by atoms with Crippen LogP contribution in [0.15, 0.2) is 23.2 Å². The van der Waals surface area contributed by atoms with Gasteiger partial charge in [0.1, 0.15) is 5.82 Å². The number of nitrogens with zero attached hydrogens (tertiary/aromatic N) is 1. The third-order valence-corrected chi connectivity index (χ3v) is 5.64. The molecule has 106 valence electrons. The quantitative estimate of drug-likeness (QED) is 0.834. The molecule has 19 heavy (non-hydrogen) atoms. The van der Waals surface area contributed by atoms with Crippen molar-refractivity contribution in [3.05, 3.63) is 18.3 Å². The third kappa shape index (κ3) is 4.09. The highest BCUT2D eigenvalue weighted by atomic mass is 32.2. The molecule has 0 spiro atoms. The molecular formula is C12H19N3O2S2. The van der Waals surface area contributed by atoms with Gasteiger partial charge in [0, 0.05) is 25.4 Å². The summed E-state index contributed by atoms with van der Waals surface area (Å²) in [6, 6.07) is 3.09. The van der Waals surface area contributed by atoms with Crippen LogP contribution in [0.25, 0.3) is 0 Å². The van der Waals surface area contributed by atoms with Gasteiger partial charge in [-0.2, -0.15) is 11.8 Å². The van der Waals surface area contributed by atoms with Crippen molar-refractivity contribution >= 4 is 27.6 Å². The van der Waals surface area contributed by atoms with Gasteiger partial charge in [0.2, 0.25) is 10.0 Å². The standard InChI is InChI=1S/C12H19N3O2S2/c1-2-13-12-7-11(3-5-14-12)19(16,17)15-8-10-4-6-18-9-10/h3,5,7,10,15H,2,4,6,8-9H2,1H3,(H,13,14). The maximum atomic E-state index is 12.2. The molecule has 1 fully saturated rings. The minimum atomic E-state index is -3.43. The van der Waals surface area contributed by atoms with Crippen LogP contribution in [0.4, 0.5) is 5.82 Å². The molecule has 0 radical (unpaired) electrons. The van der Waals surface area contributed by atoms with Crippen LogP contribution in [-0.2, 0) is 10.0 Å². The lowest BCUT2D eigenvalue weighted by atomic mass is 10.1. The van der Waals surface area contributed by atoms with Crippen molar-refractivity contribution < 1.29 is 8.42 Å². The smallest absolute Gasteiger partial charge is 0.240 e. The Morgan fingerprint density at radius 3 is 3.05 bits per heavy atom. The van der Waals surface area contributed by atoms with Crippen molar-refractivity contribution in [3.8, 4) is 0 Å². The summed E-state index contributed by atoms with van der Waals surface area (Å²) in [5.41, 5.74) is 0. The molecule has 1 aromatic rings. The average Bonchev–Trinajstić information content (AvgIpc) is 2.90. The molecule has 0 saturated carbocycles. The summed E-state index contributed by atoms with van der Waals surface area (Å²) < 4.78 is 27.0. The van der Waals surface area contributed by atoms with E-state index in [2.05, 4.69) is 15.0 Å². The predicted molar refractivity (Wildman–Crippen MR) is 79.0 cm³/mol. The van der Waals surface area contributed by atoms with E-state index in [1.54, 1.807) is 6.07 Å². The van der Waals surface area contributed by atoms with Crippen molar-refractivity contribution in [2.45, 2.75) is 18.2 Å². The number of hydrogen-bond acceptors (Lipinski definition) is 5. The third-order valence-electron chi connectivity index (χ3n) is 2.99. The fraction of sp³-hybridized carbons (Fsp3) is 0.583. The van der Waals surface area contributed by atoms with Gasteiger partial charge in [-0.3, -0.25) is 0 Å². The Kier molecular flexibility index (Phi) is 5.06. The largest absolute Gasteiger partial charge is 0.370 e. The number of sulfonamides is 1. The van der Waals surface area contributed by atoms with Crippen LogP contribution in [0.2, 0.25) is 0 Å². The first-order valence-electron chi connectivity index (χ1n) is 6.39. The van der Waals surface area contributed by atoms with E-state index in [9.17, 15) is 8.42 Å². The van der Waals surface area contributed by atoms with Crippen molar-refractivity contribution in [2.24, 2.45) is 5.92 Å². The zero-order valence-electron chi connectivity index (χ0n) is 10.9. The fourth-order valence-corrected chi connectivity index (χ4v) is 4.32. The van der Waals surface area contributed by atoms with E-state index in [0.717, 1.165) is 17.9 Å². The van der Waals surface area contributed by atoms with Crippen LogP contribution >= 0.6 is 11.8 Å². The molecule has 0 bridgehead atoms. The molecule has 0 amide bonds. The lowest BCUT2D eigenvalue weighted by Crippen LogP contribution is -2.29. The lowest BCUT2D eigenvalue weighted by molar-refractivity contribution is 0.545. The van der Waals surface area contributed by atoms with Gasteiger partial charge in [0.15, 0.2) is 0 Å². The highest BCUT2D eigenvalue weighted by Crippen LogP contribution is 2.23. The van der Waals surface area contributed by atoms with Gasteiger partial charge in [0.05, 0.1) is 4.90 Å². The molecule has 2 heterocycles. The first kappa shape index (κ1) is 14.6. The summed E-state index contributed by atoms with van der Waals surface area (Å²) in [7, 11) is -3.43. The van der Waals surface area contributed by atoms with E-state index in [4.69, 9.17) is 0 Å². The summed E-state index contributed by atoms with van der Waals surface area (Å²) in [6.07, 6.45) is 2.60. The number of rotatable bonds is 6. The van der Waals surface area contributed by atoms with Gasteiger partial charge in [-0.1, -0.05) is 0 Å². The van der Waals surface area contributed by atoms with Crippen LogP contribution < -0.4 is 10.0 Å². The minimum Gasteiger partial charge on any atom is -0.370 e. The SMILES string of the molecule is CCNc1cc(S(=O)(=O)NCC2CCSC2)ccn1. The molecule has 2 rings (SSSR count). The summed E-state index contributed by atoms with van der Waals surface area (Å²) in [5.74, 6) is 3.21. The molecule has 7 heteroatoms. The predicted octanol–water partition coefficient (Wildman–Crippen LogP) is 1.54. The second-order valence-corrected chi connectivity index (χ2v) is 7.41. The number of aromatic nitrogens is 1. The normalized spacial score (nSPS) is 19.5. The second kappa shape index (κ2) is 6.58. The molecule has 1 aliphatic rings.